The molecular weight excluding hydrogens is 254 g/mol. The smallest absolute Gasteiger partial charge is 0.228 e. The van der Waals surface area contributed by atoms with E-state index in [1.807, 2.05) is 0 Å². The predicted molar refractivity (Wildman–Crippen MR) is 65.1 cm³/mol. The number of carbonyl (C=O) groups is 1. The molecule has 0 aromatic carbocycles. The Balaban J connectivity index is 2.02. The van der Waals surface area contributed by atoms with E-state index in [0.29, 0.717) is 11.9 Å². The Morgan fingerprint density at radius 1 is 1.40 bits per heavy atom. The van der Waals surface area contributed by atoms with Gasteiger partial charge in [0.2, 0.25) is 5.91 Å². The van der Waals surface area contributed by atoms with Crippen LogP contribution in [0.4, 0.5) is 0 Å². The van der Waals surface area contributed by atoms with Crippen LogP contribution in [0.2, 0.25) is 0 Å². The van der Waals surface area contributed by atoms with Gasteiger partial charge in [-0.1, -0.05) is 35.7 Å². The molecule has 0 aromatic rings. The number of rotatable bonds is 4. The topological polar surface area (TPSA) is 20.3 Å². The van der Waals surface area contributed by atoms with Crippen molar-refractivity contribution in [2.75, 3.05) is 11.9 Å². The van der Waals surface area contributed by atoms with Crippen molar-refractivity contribution < 1.29 is 4.79 Å². The molecule has 0 saturated heterocycles. The molecule has 0 heterocycles. The summed E-state index contributed by atoms with van der Waals surface area (Å²) in [5.41, 5.74) is -0.0369. The van der Waals surface area contributed by atoms with Crippen molar-refractivity contribution in [2.24, 2.45) is 5.41 Å². The summed E-state index contributed by atoms with van der Waals surface area (Å²) in [6, 6.07) is 0.562. The van der Waals surface area contributed by atoms with Crippen LogP contribution >= 0.6 is 15.9 Å². The first kappa shape index (κ1) is 11.4. The lowest BCUT2D eigenvalue weighted by Crippen LogP contribution is -2.43. The average molecular weight is 274 g/mol. The lowest BCUT2D eigenvalue weighted by Gasteiger charge is -2.31. The zero-order chi connectivity index (χ0) is 10.9. The number of hydrogen-bond donors (Lipinski definition) is 0. The van der Waals surface area contributed by atoms with E-state index < -0.39 is 0 Å². The van der Waals surface area contributed by atoms with Crippen molar-refractivity contribution in [3.05, 3.63) is 0 Å². The predicted octanol–water partition coefficient (Wildman–Crippen LogP) is 2.95. The Morgan fingerprint density at radius 3 is 2.47 bits per heavy atom. The van der Waals surface area contributed by atoms with E-state index in [0.717, 1.165) is 24.7 Å². The number of amides is 1. The summed E-state index contributed by atoms with van der Waals surface area (Å²) in [6.07, 6.45) is 7.09. The molecule has 2 fully saturated rings. The van der Waals surface area contributed by atoms with Crippen LogP contribution in [-0.4, -0.2) is 28.7 Å². The molecule has 0 aromatic heterocycles. The molecule has 0 N–H and O–H groups in total. The Bertz CT molecular complexity index is 244. The molecule has 0 atom stereocenters. The minimum absolute atomic E-state index is 0.0369. The van der Waals surface area contributed by atoms with Gasteiger partial charge in [0.15, 0.2) is 0 Å². The third kappa shape index (κ3) is 2.38. The molecule has 2 nitrogen and oxygen atoms in total. The van der Waals surface area contributed by atoms with Gasteiger partial charge in [-0.25, -0.2) is 0 Å². The molecule has 1 amide bonds. The molecule has 2 saturated carbocycles. The van der Waals surface area contributed by atoms with Crippen molar-refractivity contribution in [3.8, 4) is 0 Å². The van der Waals surface area contributed by atoms with Crippen molar-refractivity contribution in [1.82, 2.24) is 4.90 Å². The fraction of sp³-hybridized carbons (Fsp3) is 0.917. The second-order valence-corrected chi connectivity index (χ2v) is 5.98. The van der Waals surface area contributed by atoms with E-state index in [1.54, 1.807) is 0 Å². The van der Waals surface area contributed by atoms with Crippen molar-refractivity contribution >= 4 is 21.8 Å². The summed E-state index contributed by atoms with van der Waals surface area (Å²) in [5, 5.41) is 0.908. The molecule has 2 aliphatic rings. The van der Waals surface area contributed by atoms with Gasteiger partial charge in [-0.3, -0.25) is 4.79 Å². The normalized spacial score (nSPS) is 24.1. The molecule has 2 aliphatic carbocycles. The number of alkyl halides is 1. The van der Waals surface area contributed by atoms with E-state index in [9.17, 15) is 4.79 Å². The summed E-state index contributed by atoms with van der Waals surface area (Å²) < 4.78 is 0. The van der Waals surface area contributed by atoms with Gasteiger partial charge in [-0.15, -0.1) is 0 Å². The summed E-state index contributed by atoms with van der Waals surface area (Å²) in [5.74, 6) is 0.418. The van der Waals surface area contributed by atoms with Crippen LogP contribution in [0.5, 0.6) is 0 Å². The quantitative estimate of drug-likeness (QED) is 0.722. The van der Waals surface area contributed by atoms with Gasteiger partial charge >= 0.3 is 0 Å². The van der Waals surface area contributed by atoms with E-state index in [4.69, 9.17) is 0 Å². The Morgan fingerprint density at radius 2 is 2.00 bits per heavy atom. The second kappa shape index (κ2) is 4.44. The van der Waals surface area contributed by atoms with Crippen LogP contribution in [0, 0.1) is 5.41 Å². The maximum Gasteiger partial charge on any atom is 0.228 e. The maximum atomic E-state index is 12.4. The standard InChI is InChI=1S/C12H20BrNO/c1-12(6-2-3-7-12)11(15)14(9-8-13)10-4-5-10/h10H,2-9H2,1H3. The molecule has 3 heteroatoms. The summed E-state index contributed by atoms with van der Waals surface area (Å²) in [7, 11) is 0. The number of nitrogens with zero attached hydrogens (tertiary/aromatic N) is 1. The summed E-state index contributed by atoms with van der Waals surface area (Å²) in [6.45, 7) is 3.05. The van der Waals surface area contributed by atoms with Gasteiger partial charge in [-0.2, -0.15) is 0 Å². The minimum atomic E-state index is -0.0369. The molecule has 2 rings (SSSR count). The van der Waals surface area contributed by atoms with Crippen molar-refractivity contribution in [1.29, 1.82) is 0 Å². The third-order valence-corrected chi connectivity index (χ3v) is 4.15. The molecule has 0 radical (unpaired) electrons. The molecule has 0 aliphatic heterocycles. The van der Waals surface area contributed by atoms with Crippen LogP contribution in [0.15, 0.2) is 0 Å². The monoisotopic (exact) mass is 273 g/mol. The summed E-state index contributed by atoms with van der Waals surface area (Å²) >= 11 is 3.45. The van der Waals surface area contributed by atoms with E-state index in [2.05, 4.69) is 27.8 Å². The van der Waals surface area contributed by atoms with Gasteiger partial charge in [0.05, 0.1) is 0 Å². The van der Waals surface area contributed by atoms with Gasteiger partial charge in [0.25, 0.3) is 0 Å². The van der Waals surface area contributed by atoms with Crippen LogP contribution in [-0.2, 0) is 4.79 Å². The first-order valence-corrected chi connectivity index (χ1v) is 7.16. The summed E-state index contributed by atoms with van der Waals surface area (Å²) in [4.78, 5) is 14.6. The number of carbonyl (C=O) groups excluding carboxylic acids is 1. The molecule has 15 heavy (non-hydrogen) atoms. The zero-order valence-corrected chi connectivity index (χ0v) is 11.1. The Hall–Kier alpha value is -0.0500. The lowest BCUT2D eigenvalue weighted by atomic mass is 9.87. The Kier molecular flexibility index (Phi) is 3.39. The highest BCUT2D eigenvalue weighted by molar-refractivity contribution is 9.09. The van der Waals surface area contributed by atoms with Crippen LogP contribution < -0.4 is 0 Å². The highest BCUT2D eigenvalue weighted by atomic mass is 79.9. The molecule has 0 unspecified atom stereocenters. The molecule has 86 valence electrons. The molecular formula is C12H20BrNO. The first-order valence-electron chi connectivity index (χ1n) is 6.04. The molecule has 0 bridgehead atoms. The fourth-order valence-corrected chi connectivity index (χ4v) is 3.03. The van der Waals surface area contributed by atoms with Crippen molar-refractivity contribution in [2.45, 2.75) is 51.5 Å². The molecule has 0 spiro atoms. The van der Waals surface area contributed by atoms with E-state index >= 15 is 0 Å². The van der Waals surface area contributed by atoms with Gasteiger partial charge in [0, 0.05) is 23.3 Å². The maximum absolute atomic E-state index is 12.4. The van der Waals surface area contributed by atoms with Crippen LogP contribution in [0.25, 0.3) is 0 Å². The van der Waals surface area contributed by atoms with Crippen molar-refractivity contribution in [3.63, 3.8) is 0 Å². The van der Waals surface area contributed by atoms with Gasteiger partial charge in [-0.05, 0) is 25.7 Å². The highest BCUT2D eigenvalue weighted by Crippen LogP contribution is 2.41. The Labute approximate surface area is 101 Å². The van der Waals surface area contributed by atoms with Gasteiger partial charge < -0.3 is 4.90 Å². The average Bonchev–Trinajstić information content (AvgIpc) is 2.97. The number of halogens is 1. The first-order chi connectivity index (χ1) is 7.17. The van der Waals surface area contributed by atoms with Crippen LogP contribution in [0.1, 0.15) is 45.4 Å². The number of hydrogen-bond acceptors (Lipinski definition) is 1. The largest absolute Gasteiger partial charge is 0.338 e. The van der Waals surface area contributed by atoms with Crippen LogP contribution in [0.3, 0.4) is 0 Å². The second-order valence-electron chi connectivity index (χ2n) is 5.19. The SMILES string of the molecule is CC1(C(=O)N(CCBr)C2CC2)CCCC1. The fourth-order valence-electron chi connectivity index (χ4n) is 2.64. The van der Waals surface area contributed by atoms with E-state index in [-0.39, 0.29) is 5.41 Å². The zero-order valence-electron chi connectivity index (χ0n) is 9.47. The van der Waals surface area contributed by atoms with Gasteiger partial charge in [0.1, 0.15) is 0 Å². The highest BCUT2D eigenvalue weighted by Gasteiger charge is 2.43. The lowest BCUT2D eigenvalue weighted by molar-refractivity contribution is -0.141. The minimum Gasteiger partial charge on any atom is -0.338 e. The van der Waals surface area contributed by atoms with E-state index in [1.165, 1.54) is 25.7 Å². The third-order valence-electron chi connectivity index (χ3n) is 3.80.